The van der Waals surface area contributed by atoms with Gasteiger partial charge < -0.3 is 14.2 Å². The molecule has 2 aromatic rings. The minimum absolute atomic E-state index is 0. The molecule has 62 heavy (non-hydrogen) atoms. The van der Waals surface area contributed by atoms with Crippen LogP contribution in [-0.4, -0.2) is 53.4 Å². The zero-order valence-electron chi connectivity index (χ0n) is 39.0. The van der Waals surface area contributed by atoms with E-state index in [4.69, 9.17) is 14.2 Å². The fraction of sp³-hybridized carbons (Fsp3) is 0.815. The van der Waals surface area contributed by atoms with Gasteiger partial charge in [-0.15, -0.1) is 58.0 Å². The molecule has 2 aromatic heterocycles. The second-order valence-corrected chi connectivity index (χ2v) is 25.5. The molecule has 0 spiro atoms. The number of thioether (sulfide) groups is 3. The van der Waals surface area contributed by atoms with Crippen LogP contribution in [0.15, 0.2) is 29.8 Å². The van der Waals surface area contributed by atoms with E-state index in [0.29, 0.717) is 11.4 Å². The lowest BCUT2D eigenvalue weighted by atomic mass is 9.84. The van der Waals surface area contributed by atoms with Crippen LogP contribution in [-0.2, 0) is 27.1 Å². The summed E-state index contributed by atoms with van der Waals surface area (Å²) in [4.78, 5) is 5.93. The number of aryl methyl sites for hydroxylation is 3. The molecule has 0 radical (unpaired) electrons. The van der Waals surface area contributed by atoms with Gasteiger partial charge in [-0.3, -0.25) is 0 Å². The summed E-state index contributed by atoms with van der Waals surface area (Å²) in [6, 6.07) is 6.63. The van der Waals surface area contributed by atoms with Crippen molar-refractivity contribution in [3.63, 3.8) is 0 Å². The number of rotatable bonds is 0. The predicted molar refractivity (Wildman–Crippen MR) is 300 cm³/mol. The molecule has 8 rings (SSSR count). The van der Waals surface area contributed by atoms with Crippen molar-refractivity contribution < 1.29 is 15.6 Å². The third-order valence-electron chi connectivity index (χ3n) is 10.9. The van der Waals surface area contributed by atoms with Crippen molar-refractivity contribution in [1.82, 2.24) is 0 Å². The van der Waals surface area contributed by atoms with Crippen LogP contribution >= 0.6 is 58.0 Å². The van der Waals surface area contributed by atoms with Gasteiger partial charge in [-0.1, -0.05) is 123 Å². The van der Waals surface area contributed by atoms with Gasteiger partial charge in [0.15, 0.2) is 6.29 Å². The van der Waals surface area contributed by atoms with Gasteiger partial charge in [0.2, 0.25) is 0 Å². The summed E-state index contributed by atoms with van der Waals surface area (Å²) < 4.78 is 16.5. The van der Waals surface area contributed by atoms with Gasteiger partial charge in [0.05, 0.1) is 25.3 Å². The Morgan fingerprint density at radius 1 is 0.500 bits per heavy atom. The van der Waals surface area contributed by atoms with E-state index in [1.807, 2.05) is 41.4 Å². The zero-order valence-corrected chi connectivity index (χ0v) is 43.0. The Labute approximate surface area is 412 Å². The summed E-state index contributed by atoms with van der Waals surface area (Å²) in [6.07, 6.45) is 15.0. The van der Waals surface area contributed by atoms with Gasteiger partial charge in [0, 0.05) is 37.2 Å². The minimum Gasteiger partial charge on any atom is -0.368 e. The van der Waals surface area contributed by atoms with Gasteiger partial charge >= 0.3 is 0 Å². The van der Waals surface area contributed by atoms with Gasteiger partial charge in [0.1, 0.15) is 0 Å². The van der Waals surface area contributed by atoms with Gasteiger partial charge in [-0.05, 0) is 151 Å². The SMILES string of the molecule is C.C.C.C.C.CC1=CCC(C)CC1.CC1CCC(C)CC1.CC1COC(C)OC1.CC1COC(C)SC1.CC1CSC(C)SC1.Cc1cc2c(s1)CC(C)C2.Cc1ccc(C)s1.[HH]. The van der Waals surface area contributed by atoms with Gasteiger partial charge in [-0.25, -0.2) is 0 Å². The van der Waals surface area contributed by atoms with Crippen LogP contribution in [0.2, 0.25) is 0 Å². The van der Waals surface area contributed by atoms with Gasteiger partial charge in [0.25, 0.3) is 0 Å². The average molecular weight is 966 g/mol. The lowest BCUT2D eigenvalue weighted by molar-refractivity contribution is -0.187. The second kappa shape index (κ2) is 39.1. The van der Waals surface area contributed by atoms with Crippen molar-refractivity contribution in [2.45, 2.75) is 208 Å². The number of fused-ring (bicyclic) bond motifs is 1. The number of allylic oxidation sites excluding steroid dienone is 2. The first-order valence-electron chi connectivity index (χ1n) is 22.4. The van der Waals surface area contributed by atoms with E-state index < -0.39 is 0 Å². The number of hydrogen-bond acceptors (Lipinski definition) is 8. The summed E-state index contributed by atoms with van der Waals surface area (Å²) in [5, 5.41) is 0. The summed E-state index contributed by atoms with van der Waals surface area (Å²) >= 11 is 9.91. The third kappa shape index (κ3) is 33.5. The molecule has 0 N–H and O–H groups in total. The fourth-order valence-corrected chi connectivity index (χ4v) is 12.2. The summed E-state index contributed by atoms with van der Waals surface area (Å²) in [6.45, 7) is 33.7. The molecule has 4 unspecified atom stereocenters. The number of ether oxygens (including phenoxy) is 3. The molecule has 0 amide bonds. The molecule has 372 valence electrons. The predicted octanol–water partition coefficient (Wildman–Crippen LogP) is 19.4. The standard InChI is InChI=1S/C9H12S.C8H16.C8H14.C6H12O2.C6H12OS.C6H12S2.C6H8S.5CH4.H2/c1-6-3-8-5-7(2)10-9(8)4-6;2*1-7-3-5-8(2)6-4-7;3*1-5-3-7-6(2)8-4-5;1-5-3-4-6(2)7-5;;;;;;/h5-6H,3-4H2,1-2H3;7-8H,3-6H2,1-2H3;3,8H,4-6H2,1-2H3;3*5-6H,3-4H2,1-2H3;3-4H,1-2H3;5*1H4;1H. The normalized spacial score (nSPS) is 29.2. The Morgan fingerprint density at radius 3 is 1.35 bits per heavy atom. The lowest BCUT2D eigenvalue weighted by Crippen LogP contribution is -2.27. The van der Waals surface area contributed by atoms with Crippen molar-refractivity contribution in [1.29, 1.82) is 0 Å². The Bertz CT molecular complexity index is 1150. The molecule has 6 aliphatic rings. The maximum absolute atomic E-state index is 5.35. The Morgan fingerprint density at radius 2 is 1.00 bits per heavy atom. The van der Waals surface area contributed by atoms with Crippen LogP contribution in [0.3, 0.4) is 0 Å². The van der Waals surface area contributed by atoms with Crippen molar-refractivity contribution in [3.05, 3.63) is 54.9 Å². The number of thiophene rings is 2. The maximum Gasteiger partial charge on any atom is 0.154 e. The molecule has 4 fully saturated rings. The molecule has 8 heteroatoms. The zero-order chi connectivity index (χ0) is 42.3. The van der Waals surface area contributed by atoms with E-state index in [2.05, 4.69) is 138 Å². The summed E-state index contributed by atoms with van der Waals surface area (Å²) in [5.74, 6) is 10.2. The van der Waals surface area contributed by atoms with E-state index >= 15 is 0 Å². The van der Waals surface area contributed by atoms with E-state index in [-0.39, 0.29) is 44.8 Å². The van der Waals surface area contributed by atoms with Crippen LogP contribution in [0.5, 0.6) is 0 Å². The summed E-state index contributed by atoms with van der Waals surface area (Å²) in [7, 11) is 0. The van der Waals surface area contributed by atoms with Crippen LogP contribution in [0.1, 0.15) is 185 Å². The molecule has 5 heterocycles. The minimum atomic E-state index is 0. The van der Waals surface area contributed by atoms with Crippen LogP contribution in [0, 0.1) is 62.2 Å². The quantitative estimate of drug-likeness (QED) is 0.244. The monoisotopic (exact) mass is 965 g/mol. The smallest absolute Gasteiger partial charge is 0.154 e. The molecular weight excluding hydrogens is 857 g/mol. The molecule has 3 saturated heterocycles. The van der Waals surface area contributed by atoms with Crippen molar-refractivity contribution >= 4 is 58.0 Å². The molecule has 4 atom stereocenters. The molecular formula is C54H108O3S5. The first-order valence-corrected chi connectivity index (χ1v) is 27.2. The topological polar surface area (TPSA) is 27.7 Å². The third-order valence-corrected chi connectivity index (χ3v) is 17.6. The number of hydrogen-bond donors (Lipinski definition) is 0. The Hall–Kier alpha value is 0.0700. The van der Waals surface area contributed by atoms with Crippen LogP contribution in [0.25, 0.3) is 0 Å². The van der Waals surface area contributed by atoms with Crippen molar-refractivity contribution in [2.75, 3.05) is 37.1 Å². The highest BCUT2D eigenvalue weighted by Crippen LogP contribution is 2.34. The highest BCUT2D eigenvalue weighted by Gasteiger charge is 2.19. The van der Waals surface area contributed by atoms with E-state index in [1.165, 1.54) is 89.7 Å². The summed E-state index contributed by atoms with van der Waals surface area (Å²) in [5.41, 5.74) is 3.64. The first kappa shape index (κ1) is 68.6. The maximum atomic E-state index is 5.35. The Balaban J connectivity index is -0.000000205. The highest BCUT2D eigenvalue weighted by atomic mass is 32.2. The van der Waals surface area contributed by atoms with E-state index in [0.717, 1.165) is 59.9 Å². The molecule has 1 saturated carbocycles. The Kier molecular flexibility index (Phi) is 43.3. The molecule has 3 aliphatic carbocycles. The largest absolute Gasteiger partial charge is 0.368 e. The van der Waals surface area contributed by atoms with Crippen LogP contribution < -0.4 is 0 Å². The average Bonchev–Trinajstić information content (AvgIpc) is 3.84. The van der Waals surface area contributed by atoms with Crippen molar-refractivity contribution in [2.24, 2.45) is 41.4 Å². The molecule has 0 aromatic carbocycles. The van der Waals surface area contributed by atoms with Crippen LogP contribution in [0.4, 0.5) is 0 Å². The van der Waals surface area contributed by atoms with E-state index in [1.54, 1.807) is 16.0 Å². The molecule has 3 aliphatic heterocycles. The van der Waals surface area contributed by atoms with E-state index in [9.17, 15) is 0 Å². The molecule has 0 bridgehead atoms. The lowest BCUT2D eigenvalue weighted by Gasteiger charge is -2.24. The van der Waals surface area contributed by atoms with Crippen molar-refractivity contribution in [3.8, 4) is 0 Å². The first-order chi connectivity index (χ1) is 27.0. The molecule has 3 nitrogen and oxygen atoms in total. The van der Waals surface area contributed by atoms with Gasteiger partial charge in [-0.2, -0.15) is 0 Å². The fourth-order valence-electron chi connectivity index (χ4n) is 6.89. The highest BCUT2D eigenvalue weighted by molar-refractivity contribution is 8.17. The second-order valence-electron chi connectivity index (χ2n) is 18.3.